The van der Waals surface area contributed by atoms with Crippen molar-refractivity contribution in [3.05, 3.63) is 94.6 Å². The Morgan fingerprint density at radius 3 is 2.29 bits per heavy atom. The largest absolute Gasteiger partial charge is 0.507 e. The monoisotopic (exact) mass is 510 g/mol. The lowest BCUT2D eigenvalue weighted by atomic mass is 9.87. The second kappa shape index (κ2) is 9.67. The molecule has 1 saturated heterocycles. The lowest BCUT2D eigenvalue weighted by Crippen LogP contribution is -2.29. The van der Waals surface area contributed by atoms with Crippen molar-refractivity contribution in [1.82, 2.24) is 0 Å². The van der Waals surface area contributed by atoms with Gasteiger partial charge in [0.05, 0.1) is 18.2 Å². The van der Waals surface area contributed by atoms with Crippen LogP contribution in [0.1, 0.15) is 55.5 Å². The maximum atomic E-state index is 13.5. The molecule has 5 rings (SSSR count). The third kappa shape index (κ3) is 4.55. The van der Waals surface area contributed by atoms with Gasteiger partial charge in [-0.1, -0.05) is 45.0 Å². The van der Waals surface area contributed by atoms with Crippen molar-refractivity contribution < 1.29 is 19.4 Å². The molecule has 1 atom stereocenters. The molecule has 0 aromatic heterocycles. The molecule has 1 fully saturated rings. The number of aryl methyl sites for hydroxylation is 1. The highest BCUT2D eigenvalue weighted by atomic mass is 16.5. The van der Waals surface area contributed by atoms with E-state index in [-0.39, 0.29) is 16.7 Å². The minimum absolute atomic E-state index is 0.0513. The summed E-state index contributed by atoms with van der Waals surface area (Å²) >= 11 is 0. The number of hydrogen-bond donors (Lipinski definition) is 1. The van der Waals surface area contributed by atoms with Crippen LogP contribution in [0.25, 0.3) is 5.76 Å². The fourth-order valence-corrected chi connectivity index (χ4v) is 5.15. The zero-order valence-electron chi connectivity index (χ0n) is 22.6. The van der Waals surface area contributed by atoms with E-state index in [1.807, 2.05) is 79.7 Å². The van der Waals surface area contributed by atoms with Gasteiger partial charge in [0.2, 0.25) is 0 Å². The lowest BCUT2D eigenvalue weighted by Gasteiger charge is -2.27. The number of anilines is 2. The van der Waals surface area contributed by atoms with Crippen LogP contribution in [0.5, 0.6) is 5.75 Å². The second-order valence-electron chi connectivity index (χ2n) is 11.2. The Balaban J connectivity index is 1.66. The summed E-state index contributed by atoms with van der Waals surface area (Å²) in [6.07, 6.45) is 1.73. The van der Waals surface area contributed by atoms with Gasteiger partial charge in [-0.05, 0) is 77.4 Å². The van der Waals surface area contributed by atoms with Crippen molar-refractivity contribution in [3.8, 4) is 5.75 Å². The molecule has 2 heterocycles. The molecule has 0 aliphatic carbocycles. The van der Waals surface area contributed by atoms with E-state index >= 15 is 0 Å². The van der Waals surface area contributed by atoms with E-state index < -0.39 is 17.7 Å². The van der Waals surface area contributed by atoms with E-state index in [0.29, 0.717) is 17.9 Å². The lowest BCUT2D eigenvalue weighted by molar-refractivity contribution is -0.132. The molecule has 6 nitrogen and oxygen atoms in total. The van der Waals surface area contributed by atoms with Crippen molar-refractivity contribution in [3.63, 3.8) is 0 Å². The summed E-state index contributed by atoms with van der Waals surface area (Å²) in [4.78, 5) is 30.6. The molecule has 2 aliphatic rings. The van der Waals surface area contributed by atoms with Crippen LogP contribution in [-0.4, -0.2) is 37.5 Å². The Hall–Kier alpha value is -4.06. The summed E-state index contributed by atoms with van der Waals surface area (Å²) in [6.45, 7) is 7.05. The van der Waals surface area contributed by atoms with E-state index in [1.165, 1.54) is 4.90 Å². The van der Waals surface area contributed by atoms with Crippen LogP contribution in [0.3, 0.4) is 0 Å². The van der Waals surface area contributed by atoms with Gasteiger partial charge in [0.1, 0.15) is 11.5 Å². The molecule has 0 bridgehead atoms. The molecule has 6 heteroatoms. The molecule has 1 N–H and O–H groups in total. The van der Waals surface area contributed by atoms with E-state index in [1.54, 1.807) is 6.07 Å². The molecule has 1 unspecified atom stereocenters. The third-order valence-electron chi connectivity index (χ3n) is 7.36. The first-order valence-electron chi connectivity index (χ1n) is 13.0. The molecule has 3 aromatic carbocycles. The van der Waals surface area contributed by atoms with Crippen LogP contribution in [-0.2, 0) is 21.4 Å². The minimum atomic E-state index is -0.765. The predicted octanol–water partition coefficient (Wildman–Crippen LogP) is 6.00. The highest BCUT2D eigenvalue weighted by Crippen LogP contribution is 2.43. The number of ketones is 1. The van der Waals surface area contributed by atoms with Gasteiger partial charge in [-0.3, -0.25) is 14.5 Å². The van der Waals surface area contributed by atoms with Gasteiger partial charge in [0.15, 0.2) is 0 Å². The number of aliphatic hydroxyl groups is 1. The van der Waals surface area contributed by atoms with E-state index in [4.69, 9.17) is 4.74 Å². The average molecular weight is 511 g/mol. The quantitative estimate of drug-likeness (QED) is 0.265. The normalized spacial score (nSPS) is 18.8. The summed E-state index contributed by atoms with van der Waals surface area (Å²) in [6, 6.07) is 20.1. The molecule has 38 heavy (non-hydrogen) atoms. The summed E-state index contributed by atoms with van der Waals surface area (Å²) in [5.41, 5.74) is 5.01. The molecule has 0 spiro atoms. The number of benzene rings is 3. The number of carbonyl (C=O) groups is 2. The summed E-state index contributed by atoms with van der Waals surface area (Å²) < 4.78 is 5.72. The first-order valence-corrected chi connectivity index (χ1v) is 13.0. The number of carbonyl (C=O) groups excluding carboxylic acids is 2. The Morgan fingerprint density at radius 1 is 0.974 bits per heavy atom. The molecule has 0 saturated carbocycles. The maximum Gasteiger partial charge on any atom is 0.300 e. The van der Waals surface area contributed by atoms with Gasteiger partial charge < -0.3 is 14.7 Å². The fraction of sp³-hybridized carbons (Fsp3) is 0.312. The second-order valence-corrected chi connectivity index (χ2v) is 11.2. The number of nitrogens with zero attached hydrogens (tertiary/aromatic N) is 2. The standard InChI is InChI=1S/C32H34N2O4/c1-32(2,3)23-11-15-25(16-12-23)34-28(20-8-13-24(14-9-20)33(4)5)27(30(36)31(34)37)29(35)22-10-17-26-21(19-22)7-6-18-38-26/h8-17,19,28,35H,6-7,18H2,1-5H3/b29-27-. The van der Waals surface area contributed by atoms with Crippen LogP contribution in [0.4, 0.5) is 11.4 Å². The zero-order chi connectivity index (χ0) is 27.2. The summed E-state index contributed by atoms with van der Waals surface area (Å²) in [5, 5.41) is 11.5. The van der Waals surface area contributed by atoms with E-state index in [0.717, 1.165) is 41.0 Å². The molecular formula is C32H34N2O4. The Bertz CT molecular complexity index is 1410. The Morgan fingerprint density at radius 2 is 1.66 bits per heavy atom. The first kappa shape index (κ1) is 25.6. The number of amides is 1. The van der Waals surface area contributed by atoms with Crippen molar-refractivity contribution in [2.24, 2.45) is 0 Å². The summed E-state index contributed by atoms with van der Waals surface area (Å²) in [5.74, 6) is -0.730. The fourth-order valence-electron chi connectivity index (χ4n) is 5.15. The first-order chi connectivity index (χ1) is 18.1. The molecule has 196 valence electrons. The van der Waals surface area contributed by atoms with E-state index in [9.17, 15) is 14.7 Å². The van der Waals surface area contributed by atoms with E-state index in [2.05, 4.69) is 20.8 Å². The third-order valence-corrected chi connectivity index (χ3v) is 7.36. The van der Waals surface area contributed by atoms with Gasteiger partial charge in [-0.25, -0.2) is 0 Å². The van der Waals surface area contributed by atoms with Crippen LogP contribution in [0, 0.1) is 0 Å². The predicted molar refractivity (Wildman–Crippen MR) is 151 cm³/mol. The van der Waals surface area contributed by atoms with Crippen LogP contribution < -0.4 is 14.5 Å². The number of Topliss-reactive ketones (excluding diaryl/α,β-unsaturated/α-hetero) is 1. The van der Waals surface area contributed by atoms with Gasteiger partial charge in [-0.15, -0.1) is 0 Å². The SMILES string of the molecule is CN(C)c1ccc(C2/C(=C(/O)c3ccc4c(c3)CCCO4)C(=O)C(=O)N2c2ccc(C(C)(C)C)cc2)cc1. The molecule has 0 radical (unpaired) electrons. The van der Waals surface area contributed by atoms with Crippen LogP contribution in [0.2, 0.25) is 0 Å². The molecule has 1 amide bonds. The topological polar surface area (TPSA) is 70.1 Å². The maximum absolute atomic E-state index is 13.5. The van der Waals surface area contributed by atoms with Crippen molar-refractivity contribution in [2.45, 2.75) is 45.1 Å². The van der Waals surface area contributed by atoms with Crippen molar-refractivity contribution in [2.75, 3.05) is 30.5 Å². The van der Waals surface area contributed by atoms with Crippen LogP contribution in [0.15, 0.2) is 72.3 Å². The van der Waals surface area contributed by atoms with Crippen molar-refractivity contribution in [1.29, 1.82) is 0 Å². The van der Waals surface area contributed by atoms with Gasteiger partial charge in [0, 0.05) is 31.0 Å². The number of rotatable bonds is 4. The highest BCUT2D eigenvalue weighted by Gasteiger charge is 2.47. The van der Waals surface area contributed by atoms with Gasteiger partial charge in [-0.2, -0.15) is 0 Å². The average Bonchev–Trinajstić information content (AvgIpc) is 3.17. The highest BCUT2D eigenvalue weighted by molar-refractivity contribution is 6.51. The number of hydrogen-bond acceptors (Lipinski definition) is 5. The minimum Gasteiger partial charge on any atom is -0.507 e. The van der Waals surface area contributed by atoms with Gasteiger partial charge >= 0.3 is 0 Å². The van der Waals surface area contributed by atoms with Crippen molar-refractivity contribution >= 4 is 28.8 Å². The zero-order valence-corrected chi connectivity index (χ0v) is 22.6. The van der Waals surface area contributed by atoms with Gasteiger partial charge in [0.25, 0.3) is 11.7 Å². The molecule has 3 aromatic rings. The number of ether oxygens (including phenoxy) is 1. The Kier molecular flexibility index (Phi) is 6.51. The number of fused-ring (bicyclic) bond motifs is 1. The molecule has 2 aliphatic heterocycles. The summed E-state index contributed by atoms with van der Waals surface area (Å²) in [7, 11) is 3.91. The number of aliphatic hydroxyl groups excluding tert-OH is 1. The Labute approximate surface area is 224 Å². The van der Waals surface area contributed by atoms with Crippen LogP contribution >= 0.6 is 0 Å². The smallest absolute Gasteiger partial charge is 0.300 e. The molecular weight excluding hydrogens is 476 g/mol.